The molecule has 1 N–H and O–H groups in total. The summed E-state index contributed by atoms with van der Waals surface area (Å²) in [6.45, 7) is 0.372. The minimum atomic E-state index is -0.0201. The molecule has 0 radical (unpaired) electrons. The van der Waals surface area contributed by atoms with Crippen LogP contribution in [-0.4, -0.2) is 41.2 Å². The van der Waals surface area contributed by atoms with Crippen LogP contribution >= 0.6 is 0 Å². The zero-order valence-electron chi connectivity index (χ0n) is 11.4. The summed E-state index contributed by atoms with van der Waals surface area (Å²) >= 11 is 0. The first-order chi connectivity index (χ1) is 9.04. The first-order valence-corrected chi connectivity index (χ1v) is 6.08. The Morgan fingerprint density at radius 3 is 2.79 bits per heavy atom. The van der Waals surface area contributed by atoms with Crippen LogP contribution in [0.25, 0.3) is 11.1 Å². The van der Waals surface area contributed by atoms with Gasteiger partial charge < -0.3 is 10.2 Å². The van der Waals surface area contributed by atoms with Crippen LogP contribution < -0.4 is 5.32 Å². The Balaban J connectivity index is 2.13. The number of aromatic nitrogens is 2. The lowest BCUT2D eigenvalue weighted by Gasteiger charge is -2.10. The first kappa shape index (κ1) is 13.3. The minimum absolute atomic E-state index is 0.0201. The van der Waals surface area contributed by atoms with Gasteiger partial charge in [0.2, 0.25) is 5.91 Å². The molecule has 1 aromatic carbocycles. The summed E-state index contributed by atoms with van der Waals surface area (Å²) in [6.07, 6.45) is 3.75. The maximum Gasteiger partial charge on any atom is 0.238 e. The summed E-state index contributed by atoms with van der Waals surface area (Å²) in [5, 5.41) is 7.03. The van der Waals surface area contributed by atoms with Crippen molar-refractivity contribution in [3.8, 4) is 11.1 Å². The third-order valence-corrected chi connectivity index (χ3v) is 2.64. The van der Waals surface area contributed by atoms with Crippen molar-refractivity contribution in [1.29, 1.82) is 0 Å². The molecule has 0 unspecified atom stereocenters. The Labute approximate surface area is 112 Å². The van der Waals surface area contributed by atoms with Crippen molar-refractivity contribution in [2.24, 2.45) is 7.05 Å². The van der Waals surface area contributed by atoms with Crippen molar-refractivity contribution in [2.75, 3.05) is 26.0 Å². The first-order valence-electron chi connectivity index (χ1n) is 6.08. The molecule has 1 amide bonds. The molecule has 0 bridgehead atoms. The van der Waals surface area contributed by atoms with Gasteiger partial charge >= 0.3 is 0 Å². The van der Waals surface area contributed by atoms with Crippen molar-refractivity contribution in [3.05, 3.63) is 36.7 Å². The highest BCUT2D eigenvalue weighted by molar-refractivity contribution is 5.92. The molecule has 5 heteroatoms. The number of amides is 1. The van der Waals surface area contributed by atoms with E-state index in [1.165, 1.54) is 0 Å². The molecule has 0 aliphatic carbocycles. The van der Waals surface area contributed by atoms with Crippen molar-refractivity contribution in [1.82, 2.24) is 14.7 Å². The van der Waals surface area contributed by atoms with Gasteiger partial charge in [-0.15, -0.1) is 0 Å². The highest BCUT2D eigenvalue weighted by atomic mass is 16.2. The van der Waals surface area contributed by atoms with Gasteiger partial charge in [-0.2, -0.15) is 5.10 Å². The highest BCUT2D eigenvalue weighted by Crippen LogP contribution is 2.21. The molecular formula is C14H18N4O. The summed E-state index contributed by atoms with van der Waals surface area (Å²) in [5.41, 5.74) is 2.87. The molecule has 0 aliphatic rings. The molecule has 0 fully saturated rings. The van der Waals surface area contributed by atoms with Crippen molar-refractivity contribution in [2.45, 2.75) is 0 Å². The molecule has 100 valence electrons. The summed E-state index contributed by atoms with van der Waals surface area (Å²) in [6, 6.07) is 7.75. The van der Waals surface area contributed by atoms with Gasteiger partial charge in [-0.3, -0.25) is 9.48 Å². The molecule has 0 saturated carbocycles. The number of carbonyl (C=O) groups is 1. The molecule has 19 heavy (non-hydrogen) atoms. The van der Waals surface area contributed by atoms with E-state index >= 15 is 0 Å². The SMILES string of the molecule is CN(C)CC(=O)Nc1cccc(-c2cnn(C)c2)c1. The predicted molar refractivity (Wildman–Crippen MR) is 75.8 cm³/mol. The van der Waals surface area contributed by atoms with E-state index in [-0.39, 0.29) is 5.91 Å². The maximum atomic E-state index is 11.7. The predicted octanol–water partition coefficient (Wildman–Crippen LogP) is 1.59. The second-order valence-electron chi connectivity index (χ2n) is 4.77. The second kappa shape index (κ2) is 5.67. The number of rotatable bonds is 4. The van der Waals surface area contributed by atoms with Gasteiger partial charge in [0.15, 0.2) is 0 Å². The van der Waals surface area contributed by atoms with E-state index < -0.39 is 0 Å². The quantitative estimate of drug-likeness (QED) is 0.906. The average Bonchev–Trinajstić information content (AvgIpc) is 2.75. The highest BCUT2D eigenvalue weighted by Gasteiger charge is 2.05. The molecule has 1 aromatic heterocycles. The number of hydrogen-bond acceptors (Lipinski definition) is 3. The van der Waals surface area contributed by atoms with E-state index in [0.717, 1.165) is 16.8 Å². The summed E-state index contributed by atoms with van der Waals surface area (Å²) in [4.78, 5) is 13.5. The Morgan fingerprint density at radius 1 is 1.37 bits per heavy atom. The minimum Gasteiger partial charge on any atom is -0.325 e. The Hall–Kier alpha value is -2.14. The smallest absolute Gasteiger partial charge is 0.238 e. The fraction of sp³-hybridized carbons (Fsp3) is 0.286. The topological polar surface area (TPSA) is 50.2 Å². The second-order valence-corrected chi connectivity index (χ2v) is 4.77. The number of likely N-dealkylation sites (N-methyl/N-ethyl adjacent to an activating group) is 1. The fourth-order valence-electron chi connectivity index (χ4n) is 1.83. The molecule has 2 aromatic rings. The number of nitrogens with zero attached hydrogens (tertiary/aromatic N) is 3. The Morgan fingerprint density at radius 2 is 2.16 bits per heavy atom. The van der Waals surface area contributed by atoms with Crippen molar-refractivity contribution < 1.29 is 4.79 Å². The van der Waals surface area contributed by atoms with Gasteiger partial charge in [-0.05, 0) is 31.8 Å². The normalized spacial score (nSPS) is 10.7. The van der Waals surface area contributed by atoms with Crippen LogP contribution in [0.2, 0.25) is 0 Å². The van der Waals surface area contributed by atoms with E-state index in [9.17, 15) is 4.79 Å². The van der Waals surface area contributed by atoms with Gasteiger partial charge in [0.1, 0.15) is 0 Å². The number of carbonyl (C=O) groups excluding carboxylic acids is 1. The Kier molecular flexibility index (Phi) is 3.97. The summed E-state index contributed by atoms with van der Waals surface area (Å²) < 4.78 is 1.76. The van der Waals surface area contributed by atoms with Crippen molar-refractivity contribution >= 4 is 11.6 Å². The lowest BCUT2D eigenvalue weighted by molar-refractivity contribution is -0.116. The maximum absolute atomic E-state index is 11.7. The Bertz CT molecular complexity index is 574. The van der Waals surface area contributed by atoms with Crippen LogP contribution in [0.1, 0.15) is 0 Å². The van der Waals surface area contributed by atoms with E-state index in [2.05, 4.69) is 10.4 Å². The van der Waals surface area contributed by atoms with Gasteiger partial charge in [0.25, 0.3) is 0 Å². The van der Waals surface area contributed by atoms with Crippen LogP contribution in [0.4, 0.5) is 5.69 Å². The molecular weight excluding hydrogens is 240 g/mol. The number of benzene rings is 1. The largest absolute Gasteiger partial charge is 0.325 e. The van der Waals surface area contributed by atoms with E-state index in [4.69, 9.17) is 0 Å². The third-order valence-electron chi connectivity index (χ3n) is 2.64. The van der Waals surface area contributed by atoms with Gasteiger partial charge in [-0.1, -0.05) is 12.1 Å². The van der Waals surface area contributed by atoms with Crippen LogP contribution in [0, 0.1) is 0 Å². The number of hydrogen-bond donors (Lipinski definition) is 1. The van der Waals surface area contributed by atoms with Gasteiger partial charge in [-0.25, -0.2) is 0 Å². The zero-order valence-corrected chi connectivity index (χ0v) is 11.4. The monoisotopic (exact) mass is 258 g/mol. The fourth-order valence-corrected chi connectivity index (χ4v) is 1.83. The lowest BCUT2D eigenvalue weighted by Crippen LogP contribution is -2.27. The van der Waals surface area contributed by atoms with Crippen LogP contribution in [-0.2, 0) is 11.8 Å². The standard InChI is InChI=1S/C14H18N4O/c1-17(2)10-14(19)16-13-6-4-5-11(7-13)12-8-15-18(3)9-12/h4-9H,10H2,1-3H3,(H,16,19). The van der Waals surface area contributed by atoms with Gasteiger partial charge in [0, 0.05) is 24.5 Å². The number of nitrogens with one attached hydrogen (secondary N) is 1. The molecule has 0 spiro atoms. The molecule has 0 saturated heterocycles. The zero-order chi connectivity index (χ0) is 13.8. The lowest BCUT2D eigenvalue weighted by atomic mass is 10.1. The van der Waals surface area contributed by atoms with Crippen LogP contribution in [0.5, 0.6) is 0 Å². The third kappa shape index (κ3) is 3.66. The number of anilines is 1. The molecule has 5 nitrogen and oxygen atoms in total. The summed E-state index contributed by atoms with van der Waals surface area (Å²) in [7, 11) is 5.61. The van der Waals surface area contributed by atoms with Gasteiger partial charge in [0.05, 0.1) is 12.7 Å². The molecule has 2 rings (SSSR count). The van der Waals surface area contributed by atoms with Crippen LogP contribution in [0.15, 0.2) is 36.7 Å². The summed E-state index contributed by atoms with van der Waals surface area (Å²) in [5.74, 6) is -0.0201. The number of aryl methyl sites for hydroxylation is 1. The average molecular weight is 258 g/mol. The van der Waals surface area contributed by atoms with Crippen molar-refractivity contribution in [3.63, 3.8) is 0 Å². The van der Waals surface area contributed by atoms with E-state index in [1.54, 1.807) is 10.9 Å². The van der Waals surface area contributed by atoms with Crippen LogP contribution in [0.3, 0.4) is 0 Å². The van der Waals surface area contributed by atoms with E-state index in [1.807, 2.05) is 56.5 Å². The molecule has 0 atom stereocenters. The van der Waals surface area contributed by atoms with E-state index in [0.29, 0.717) is 6.54 Å². The molecule has 0 aliphatic heterocycles. The molecule has 1 heterocycles.